The molecule has 0 bridgehead atoms. The number of unbranched alkanes of at least 4 members (excludes halogenated alkanes) is 1. The van der Waals surface area contributed by atoms with Gasteiger partial charge in [-0.25, -0.2) is 28.8 Å². The highest BCUT2D eigenvalue weighted by atomic mass is 16.6. The van der Waals surface area contributed by atoms with Gasteiger partial charge >= 0.3 is 35.8 Å². The number of benzene rings is 6. The third-order valence-corrected chi connectivity index (χ3v) is 9.67. The number of aliphatic hydroxyl groups is 2. The summed E-state index contributed by atoms with van der Waals surface area (Å²) in [5, 5.41) is 17.4. The van der Waals surface area contributed by atoms with E-state index >= 15 is 0 Å². The average Bonchev–Trinajstić information content (AvgIpc) is 3.45. The van der Waals surface area contributed by atoms with Crippen molar-refractivity contribution in [1.29, 1.82) is 0 Å². The second-order valence-electron chi connectivity index (χ2n) is 17.0. The Morgan fingerprint density at radius 1 is 0.392 bits per heavy atom. The SMILES string of the molecule is CC(C)COC(=O)c1ccc(N)cc1.CCCCOC(=O)c1ccc(N)cc1.CCCOC(=O)c1ccc(N)cc1.CCOC(=O)c1ccc(N)cc1.COC(=O)c1ccc(N)cc1.Nc1ccc(C(=O)OCC(O)CO)cc1. The molecule has 0 spiro atoms. The molecule has 0 aliphatic heterocycles. The Morgan fingerprint density at radius 2 is 0.658 bits per heavy atom. The highest BCUT2D eigenvalue weighted by molar-refractivity contribution is 5.92. The van der Waals surface area contributed by atoms with E-state index in [0.717, 1.165) is 19.3 Å². The lowest BCUT2D eigenvalue weighted by Gasteiger charge is -2.08. The number of methoxy groups -OCH3 is 1. The molecule has 1 unspecified atom stereocenters. The molecular weight excluding hydrogens is 1020 g/mol. The molecule has 0 aliphatic rings. The van der Waals surface area contributed by atoms with Crippen LogP contribution >= 0.6 is 0 Å². The number of nitrogen functional groups attached to an aromatic ring is 6. The number of ether oxygens (including phenoxy) is 6. The molecular formula is C59H76N6O14. The minimum atomic E-state index is -1.04. The third-order valence-electron chi connectivity index (χ3n) is 9.67. The summed E-state index contributed by atoms with van der Waals surface area (Å²) in [4.78, 5) is 67.3. The van der Waals surface area contributed by atoms with Crippen LogP contribution in [0.5, 0.6) is 0 Å². The summed E-state index contributed by atoms with van der Waals surface area (Å²) in [6.07, 6.45) is 1.72. The predicted molar refractivity (Wildman–Crippen MR) is 307 cm³/mol. The van der Waals surface area contributed by atoms with Crippen LogP contribution in [-0.2, 0) is 28.4 Å². The van der Waals surface area contributed by atoms with Gasteiger partial charge in [-0.05, 0) is 171 Å². The standard InChI is InChI=1S/2C11H15NO2.C10H13NO4.C10H13NO2.C9H11NO2.C8H9NO2/c1-8(2)7-14-11(13)9-3-5-10(12)6-4-9;1-2-3-8-14-11(13)9-4-6-10(12)7-5-9;11-8-3-1-7(2-4-8)10(14)15-6-9(13)5-12;1-2-7-13-10(12)8-3-5-9(11)6-4-8;1-2-12-9(11)7-3-5-8(10)6-4-7;1-11-8(10)6-2-4-7(9)5-3-6/h3-6,8H,7,12H2,1-2H3;4-7H,2-3,8,12H2,1H3;1-4,9,12-13H,5-6,11H2;3-6H,2,7,11H2,1H3;3-6H,2,10H2,1H3;2-5H,9H2,1H3. The van der Waals surface area contributed by atoms with Crippen LogP contribution in [0.15, 0.2) is 146 Å². The number of nitrogens with two attached hydrogens (primary N) is 6. The van der Waals surface area contributed by atoms with Crippen LogP contribution in [0.2, 0.25) is 0 Å². The highest BCUT2D eigenvalue weighted by Crippen LogP contribution is 2.12. The molecule has 0 saturated carbocycles. The lowest BCUT2D eigenvalue weighted by molar-refractivity contribution is 0.00930. The van der Waals surface area contributed by atoms with Gasteiger partial charge in [0.05, 0.1) is 73.5 Å². The average molecular weight is 1090 g/mol. The van der Waals surface area contributed by atoms with Crippen LogP contribution in [0.1, 0.15) is 116 Å². The Kier molecular flexibility index (Phi) is 33.7. The molecule has 0 fully saturated rings. The Hall–Kier alpha value is -9.14. The number of hydrogen-bond donors (Lipinski definition) is 8. The number of carbonyl (C=O) groups is 6. The fraction of sp³-hybridized carbons (Fsp3) is 0.288. The van der Waals surface area contributed by atoms with Gasteiger partial charge in [0.1, 0.15) is 12.7 Å². The van der Waals surface area contributed by atoms with Crippen LogP contribution < -0.4 is 34.4 Å². The molecule has 0 radical (unpaired) electrons. The van der Waals surface area contributed by atoms with Crippen molar-refractivity contribution in [3.63, 3.8) is 0 Å². The van der Waals surface area contributed by atoms with E-state index in [-0.39, 0.29) is 36.5 Å². The van der Waals surface area contributed by atoms with Crippen LogP contribution in [0, 0.1) is 5.92 Å². The molecule has 1 atom stereocenters. The summed E-state index contributed by atoms with van der Waals surface area (Å²) in [6.45, 7) is 10.9. The third kappa shape index (κ3) is 30.3. The van der Waals surface area contributed by atoms with Crippen molar-refractivity contribution in [3.05, 3.63) is 179 Å². The zero-order chi connectivity index (χ0) is 59.1. The fourth-order valence-electron chi connectivity index (χ4n) is 5.35. The van der Waals surface area contributed by atoms with Crippen molar-refractivity contribution in [2.75, 3.05) is 81.2 Å². The smallest absolute Gasteiger partial charge is 0.338 e. The predicted octanol–water partition coefficient (Wildman–Crippen LogP) is 8.42. The number of carbonyl (C=O) groups excluding carboxylic acids is 6. The first-order valence-corrected chi connectivity index (χ1v) is 25.0. The summed E-state index contributed by atoms with van der Waals surface area (Å²) in [7, 11) is 1.35. The number of rotatable bonds is 17. The maximum Gasteiger partial charge on any atom is 0.338 e. The van der Waals surface area contributed by atoms with Crippen LogP contribution in [-0.4, -0.2) is 98.9 Å². The largest absolute Gasteiger partial charge is 0.465 e. The molecule has 79 heavy (non-hydrogen) atoms. The van der Waals surface area contributed by atoms with Gasteiger partial charge in [0.15, 0.2) is 0 Å². The van der Waals surface area contributed by atoms with E-state index in [0.29, 0.717) is 99.9 Å². The summed E-state index contributed by atoms with van der Waals surface area (Å²) in [5.74, 6) is -1.71. The molecule has 20 heteroatoms. The van der Waals surface area contributed by atoms with Gasteiger partial charge in [0, 0.05) is 34.1 Å². The summed E-state index contributed by atoms with van der Waals surface area (Å²) in [6, 6.07) is 39.5. The molecule has 0 aliphatic carbocycles. The fourth-order valence-corrected chi connectivity index (χ4v) is 5.35. The van der Waals surface area contributed by atoms with Crippen molar-refractivity contribution in [2.24, 2.45) is 5.92 Å². The molecule has 0 amide bonds. The van der Waals surface area contributed by atoms with Gasteiger partial charge in [-0.3, -0.25) is 0 Å². The number of anilines is 6. The van der Waals surface area contributed by atoms with Crippen LogP contribution in [0.25, 0.3) is 0 Å². The van der Waals surface area contributed by atoms with Crippen molar-refractivity contribution in [1.82, 2.24) is 0 Å². The van der Waals surface area contributed by atoms with Gasteiger partial charge in [0.25, 0.3) is 0 Å². The zero-order valence-corrected chi connectivity index (χ0v) is 45.6. The van der Waals surface area contributed by atoms with Crippen molar-refractivity contribution >= 4 is 69.9 Å². The molecule has 20 nitrogen and oxygen atoms in total. The first-order valence-electron chi connectivity index (χ1n) is 25.0. The second kappa shape index (κ2) is 39.3. The Labute approximate surface area is 461 Å². The molecule has 0 saturated heterocycles. The normalized spacial score (nSPS) is 10.1. The van der Waals surface area contributed by atoms with E-state index in [1.807, 2.05) is 20.8 Å². The topological polar surface area (TPSA) is 354 Å². The van der Waals surface area contributed by atoms with Crippen molar-refractivity contribution in [3.8, 4) is 0 Å². The maximum absolute atomic E-state index is 11.4. The second-order valence-corrected chi connectivity index (χ2v) is 17.0. The Bertz CT molecular complexity index is 2690. The van der Waals surface area contributed by atoms with Crippen LogP contribution in [0.3, 0.4) is 0 Å². The number of aliphatic hydroxyl groups excluding tert-OH is 2. The maximum atomic E-state index is 11.4. The van der Waals surface area contributed by atoms with E-state index in [9.17, 15) is 28.8 Å². The van der Waals surface area contributed by atoms with E-state index in [1.54, 1.807) is 140 Å². The zero-order valence-electron chi connectivity index (χ0n) is 45.6. The van der Waals surface area contributed by atoms with Gasteiger partial charge in [-0.2, -0.15) is 0 Å². The quantitative estimate of drug-likeness (QED) is 0.0184. The van der Waals surface area contributed by atoms with Crippen LogP contribution in [0.4, 0.5) is 34.1 Å². The number of hydrogen-bond acceptors (Lipinski definition) is 20. The van der Waals surface area contributed by atoms with Gasteiger partial charge in [-0.15, -0.1) is 0 Å². The Morgan fingerprint density at radius 3 is 0.911 bits per heavy atom. The van der Waals surface area contributed by atoms with Crippen molar-refractivity contribution in [2.45, 2.75) is 60.0 Å². The lowest BCUT2D eigenvalue weighted by Crippen LogP contribution is -2.21. The van der Waals surface area contributed by atoms with Gasteiger partial charge in [-0.1, -0.05) is 34.1 Å². The molecule has 6 aromatic carbocycles. The molecule has 0 heterocycles. The summed E-state index contributed by atoms with van der Waals surface area (Å²) in [5.41, 5.74) is 39.6. The molecule has 6 aromatic rings. The van der Waals surface area contributed by atoms with Gasteiger partial charge < -0.3 is 73.0 Å². The van der Waals surface area contributed by atoms with E-state index in [2.05, 4.69) is 11.7 Å². The molecule has 14 N–H and O–H groups in total. The molecule has 0 aromatic heterocycles. The lowest BCUT2D eigenvalue weighted by atomic mass is 10.2. The van der Waals surface area contributed by atoms with Gasteiger partial charge in [0.2, 0.25) is 0 Å². The summed E-state index contributed by atoms with van der Waals surface area (Å²) >= 11 is 0. The van der Waals surface area contributed by atoms with Crippen molar-refractivity contribution < 1.29 is 67.4 Å². The molecule has 426 valence electrons. The minimum Gasteiger partial charge on any atom is -0.465 e. The first kappa shape index (κ1) is 67.9. The minimum absolute atomic E-state index is 0.223. The van der Waals surface area contributed by atoms with E-state index in [1.165, 1.54) is 19.2 Å². The monoisotopic (exact) mass is 1090 g/mol. The molecule has 6 rings (SSSR count). The number of esters is 6. The Balaban J connectivity index is 0.000000475. The first-order chi connectivity index (χ1) is 37.7. The van der Waals surface area contributed by atoms with E-state index < -0.39 is 18.7 Å². The highest BCUT2D eigenvalue weighted by Gasteiger charge is 2.11. The summed E-state index contributed by atoms with van der Waals surface area (Å²) < 4.78 is 29.0. The van der Waals surface area contributed by atoms with E-state index in [4.69, 9.17) is 68.3 Å².